The predicted molar refractivity (Wildman–Crippen MR) is 90.0 cm³/mol. The van der Waals surface area contributed by atoms with Crippen molar-refractivity contribution in [3.63, 3.8) is 0 Å². The van der Waals surface area contributed by atoms with Gasteiger partial charge in [-0.2, -0.15) is 0 Å². The first-order chi connectivity index (χ1) is 9.81. The maximum atomic E-state index is 6.32. The third kappa shape index (κ3) is 4.00. The molecule has 0 bridgehead atoms. The molecule has 0 spiro atoms. The van der Waals surface area contributed by atoms with Gasteiger partial charge in [0.05, 0.1) is 0 Å². The van der Waals surface area contributed by atoms with Crippen LogP contribution in [0.25, 0.3) is 0 Å². The number of benzene rings is 1. The second-order valence-electron chi connectivity index (χ2n) is 7.81. The van der Waals surface area contributed by atoms with Crippen LogP contribution < -0.4 is 10.1 Å². The van der Waals surface area contributed by atoms with Crippen LogP contribution in [-0.4, -0.2) is 19.2 Å². The van der Waals surface area contributed by atoms with Gasteiger partial charge in [0.1, 0.15) is 11.9 Å². The smallest absolute Gasteiger partial charge is 0.119 e. The Morgan fingerprint density at radius 3 is 2.19 bits per heavy atom. The van der Waals surface area contributed by atoms with E-state index in [0.29, 0.717) is 12.0 Å². The number of nitrogens with one attached hydrogen (secondary N) is 1. The second-order valence-corrected chi connectivity index (χ2v) is 7.81. The molecule has 1 N–H and O–H groups in total. The summed E-state index contributed by atoms with van der Waals surface area (Å²) in [6, 6.07) is 9.08. The highest BCUT2D eigenvalue weighted by Gasteiger charge is 2.34. The molecular weight excluding hydrogens is 258 g/mol. The van der Waals surface area contributed by atoms with E-state index in [1.165, 1.54) is 18.4 Å². The maximum Gasteiger partial charge on any atom is 0.119 e. The van der Waals surface area contributed by atoms with E-state index in [2.05, 4.69) is 71.2 Å². The van der Waals surface area contributed by atoms with E-state index in [0.717, 1.165) is 11.7 Å². The van der Waals surface area contributed by atoms with Gasteiger partial charge in [0, 0.05) is 6.04 Å². The summed E-state index contributed by atoms with van der Waals surface area (Å²) in [5.41, 5.74) is 1.55. The maximum absolute atomic E-state index is 6.32. The van der Waals surface area contributed by atoms with E-state index in [1.807, 2.05) is 0 Å². The summed E-state index contributed by atoms with van der Waals surface area (Å²) in [4.78, 5) is 0. The zero-order valence-corrected chi connectivity index (χ0v) is 14.4. The van der Waals surface area contributed by atoms with Crippen molar-refractivity contribution in [3.05, 3.63) is 29.8 Å². The summed E-state index contributed by atoms with van der Waals surface area (Å²) < 4.78 is 6.32. The lowest BCUT2D eigenvalue weighted by molar-refractivity contribution is 0.0507. The van der Waals surface area contributed by atoms with E-state index >= 15 is 0 Å². The van der Waals surface area contributed by atoms with Gasteiger partial charge in [-0.1, -0.05) is 46.8 Å². The molecule has 0 aromatic heterocycles. The monoisotopic (exact) mass is 289 g/mol. The molecule has 0 heterocycles. The fraction of sp³-hybridized carbons (Fsp3) is 0.684. The van der Waals surface area contributed by atoms with E-state index in [9.17, 15) is 0 Å². The zero-order valence-electron chi connectivity index (χ0n) is 14.4. The Balaban J connectivity index is 2.09. The minimum absolute atomic E-state index is 0.194. The van der Waals surface area contributed by atoms with E-state index in [4.69, 9.17) is 4.74 Å². The first kappa shape index (κ1) is 16.4. The van der Waals surface area contributed by atoms with Crippen molar-refractivity contribution in [2.45, 2.75) is 65.0 Å². The van der Waals surface area contributed by atoms with E-state index in [1.54, 1.807) is 0 Å². The Hall–Kier alpha value is -1.02. The normalized spacial score (nSPS) is 30.2. The highest BCUT2D eigenvalue weighted by molar-refractivity contribution is 5.31. The molecule has 0 amide bonds. The lowest BCUT2D eigenvalue weighted by atomic mass is 9.78. The van der Waals surface area contributed by atoms with Gasteiger partial charge in [0.25, 0.3) is 0 Å². The van der Waals surface area contributed by atoms with Crippen LogP contribution in [0.3, 0.4) is 0 Å². The molecule has 2 heteroatoms. The molecule has 0 aliphatic heterocycles. The third-order valence-corrected chi connectivity index (χ3v) is 4.75. The van der Waals surface area contributed by atoms with Crippen molar-refractivity contribution in [1.29, 1.82) is 0 Å². The molecule has 1 aliphatic carbocycles. The fourth-order valence-electron chi connectivity index (χ4n) is 3.50. The summed E-state index contributed by atoms with van der Waals surface area (Å²) in [7, 11) is 2.05. The van der Waals surface area contributed by atoms with Gasteiger partial charge >= 0.3 is 0 Å². The Labute approximate surface area is 130 Å². The Kier molecular flexibility index (Phi) is 4.98. The molecule has 118 valence electrons. The molecule has 2 rings (SSSR count). The first-order valence-corrected chi connectivity index (χ1v) is 8.25. The summed E-state index contributed by atoms with van der Waals surface area (Å²) >= 11 is 0. The zero-order chi connectivity index (χ0) is 15.6. The second kappa shape index (κ2) is 6.39. The van der Waals surface area contributed by atoms with Crippen LogP contribution in [0, 0.1) is 11.8 Å². The number of hydrogen-bond donors (Lipinski definition) is 1. The fourth-order valence-corrected chi connectivity index (χ4v) is 3.50. The Bertz CT molecular complexity index is 446. The van der Waals surface area contributed by atoms with Gasteiger partial charge in [-0.05, 0) is 54.8 Å². The van der Waals surface area contributed by atoms with Crippen LogP contribution in [-0.2, 0) is 5.41 Å². The van der Waals surface area contributed by atoms with Crippen LogP contribution in [0.1, 0.15) is 53.0 Å². The van der Waals surface area contributed by atoms with Crippen LogP contribution in [0.5, 0.6) is 5.75 Å². The van der Waals surface area contributed by atoms with Crippen LogP contribution in [0.15, 0.2) is 24.3 Å². The summed E-state index contributed by atoms with van der Waals surface area (Å²) in [5.74, 6) is 2.36. The molecule has 1 aliphatic rings. The highest BCUT2D eigenvalue weighted by atomic mass is 16.5. The van der Waals surface area contributed by atoms with Gasteiger partial charge in [0.15, 0.2) is 0 Å². The number of likely N-dealkylation sites (N-methyl/N-ethyl adjacent to an activating group) is 1. The lowest BCUT2D eigenvalue weighted by Crippen LogP contribution is -2.49. The molecule has 2 nitrogen and oxygen atoms in total. The van der Waals surface area contributed by atoms with E-state index in [-0.39, 0.29) is 11.5 Å². The standard InChI is InChI=1S/C19H31NO/c1-13-11-14(2)18(17(12-13)20-6)21-16-9-7-15(8-10-16)19(3,4)5/h7-10,13-14,17-18,20H,11-12H2,1-6H3. The molecule has 21 heavy (non-hydrogen) atoms. The molecule has 1 aromatic rings. The molecular formula is C19H31NO. The topological polar surface area (TPSA) is 21.3 Å². The van der Waals surface area contributed by atoms with Gasteiger partial charge in [-0.15, -0.1) is 0 Å². The third-order valence-electron chi connectivity index (χ3n) is 4.75. The first-order valence-electron chi connectivity index (χ1n) is 8.25. The van der Waals surface area contributed by atoms with Crippen molar-refractivity contribution in [3.8, 4) is 5.75 Å². The molecule has 1 saturated carbocycles. The summed E-state index contributed by atoms with van der Waals surface area (Å²) in [6.45, 7) is 11.4. The lowest BCUT2D eigenvalue weighted by Gasteiger charge is -2.39. The van der Waals surface area contributed by atoms with Crippen molar-refractivity contribution >= 4 is 0 Å². The molecule has 1 fully saturated rings. The summed E-state index contributed by atoms with van der Waals surface area (Å²) in [5, 5.41) is 3.45. The van der Waals surface area contributed by atoms with Gasteiger partial charge in [-0.3, -0.25) is 0 Å². The molecule has 4 unspecified atom stereocenters. The molecule has 0 radical (unpaired) electrons. The molecule has 4 atom stereocenters. The van der Waals surface area contributed by atoms with Crippen molar-refractivity contribution < 1.29 is 4.74 Å². The van der Waals surface area contributed by atoms with Crippen molar-refractivity contribution in [2.75, 3.05) is 7.05 Å². The van der Waals surface area contributed by atoms with Crippen molar-refractivity contribution in [1.82, 2.24) is 5.32 Å². The molecule has 1 aromatic carbocycles. The average molecular weight is 289 g/mol. The van der Waals surface area contributed by atoms with Gasteiger partial charge < -0.3 is 10.1 Å². The predicted octanol–water partition coefficient (Wildman–Crippen LogP) is 4.39. The summed E-state index contributed by atoms with van der Waals surface area (Å²) in [6.07, 6.45) is 2.72. The number of ether oxygens (including phenoxy) is 1. The minimum Gasteiger partial charge on any atom is -0.489 e. The largest absolute Gasteiger partial charge is 0.489 e. The van der Waals surface area contributed by atoms with E-state index < -0.39 is 0 Å². The van der Waals surface area contributed by atoms with Crippen molar-refractivity contribution in [2.24, 2.45) is 11.8 Å². The van der Waals surface area contributed by atoms with Gasteiger partial charge in [-0.25, -0.2) is 0 Å². The van der Waals surface area contributed by atoms with Crippen LogP contribution in [0.2, 0.25) is 0 Å². The number of rotatable bonds is 3. The van der Waals surface area contributed by atoms with Crippen LogP contribution in [0.4, 0.5) is 0 Å². The highest BCUT2D eigenvalue weighted by Crippen LogP contribution is 2.32. The number of hydrogen-bond acceptors (Lipinski definition) is 2. The average Bonchev–Trinajstić information content (AvgIpc) is 2.41. The Morgan fingerprint density at radius 1 is 1.05 bits per heavy atom. The molecule has 0 saturated heterocycles. The minimum atomic E-state index is 0.194. The quantitative estimate of drug-likeness (QED) is 0.891. The SMILES string of the molecule is CNC1CC(C)CC(C)C1Oc1ccc(C(C)(C)C)cc1. The van der Waals surface area contributed by atoms with Gasteiger partial charge in [0.2, 0.25) is 0 Å². The Morgan fingerprint density at radius 2 is 1.67 bits per heavy atom. The van der Waals surface area contributed by atoms with Crippen LogP contribution >= 0.6 is 0 Å².